The lowest BCUT2D eigenvalue weighted by Gasteiger charge is -2.15. The highest BCUT2D eigenvalue weighted by atomic mass is 35.5. The number of hydrogen-bond acceptors (Lipinski definition) is 6. The molecule has 0 radical (unpaired) electrons. The summed E-state index contributed by atoms with van der Waals surface area (Å²) in [6.45, 7) is 9.25. The number of benzene rings is 1. The third-order valence-electron chi connectivity index (χ3n) is 4.67. The first-order valence-corrected chi connectivity index (χ1v) is 11.8. The summed E-state index contributed by atoms with van der Waals surface area (Å²) in [5.74, 6) is 2.19. The molecule has 9 heteroatoms. The van der Waals surface area contributed by atoms with Gasteiger partial charge in [0.15, 0.2) is 11.0 Å². The molecule has 2 aromatic heterocycles. The molecule has 1 N–H and O–H groups in total. The predicted octanol–water partition coefficient (Wildman–Crippen LogP) is 5.24. The third-order valence-corrected chi connectivity index (χ3v) is 5.97. The molecule has 1 atom stereocenters. The molecular weight excluding hydrogens is 446 g/mol. The van der Waals surface area contributed by atoms with Crippen molar-refractivity contribution in [2.45, 2.75) is 57.7 Å². The maximum Gasteiger partial charge on any atom is 0.238 e. The molecule has 7 nitrogen and oxygen atoms in total. The fraction of sp³-hybridized carbons (Fsp3) is 0.391. The SMILES string of the molecule is CCc1ccc(OCc2nnc(SC(C)C(=O)Nc3ccc(Cl)cn3)n2CC(C)C)cc1. The third kappa shape index (κ3) is 6.71. The quantitative estimate of drug-likeness (QED) is 0.405. The van der Waals surface area contributed by atoms with Crippen molar-refractivity contribution in [1.82, 2.24) is 19.7 Å². The normalized spacial score (nSPS) is 12.1. The van der Waals surface area contributed by atoms with Gasteiger partial charge in [0.2, 0.25) is 5.91 Å². The second kappa shape index (κ2) is 11.3. The van der Waals surface area contributed by atoms with Crippen molar-refractivity contribution < 1.29 is 9.53 Å². The van der Waals surface area contributed by atoms with Crippen LogP contribution < -0.4 is 10.1 Å². The van der Waals surface area contributed by atoms with Crippen LogP contribution in [0.3, 0.4) is 0 Å². The van der Waals surface area contributed by atoms with Gasteiger partial charge < -0.3 is 14.6 Å². The van der Waals surface area contributed by atoms with Gasteiger partial charge >= 0.3 is 0 Å². The Morgan fingerprint density at radius 3 is 2.53 bits per heavy atom. The number of rotatable bonds is 10. The molecule has 0 aliphatic rings. The fourth-order valence-corrected chi connectivity index (χ4v) is 3.91. The standard InChI is InChI=1S/C23H28ClN5O2S/c1-5-17-6-9-19(10-7-17)31-14-21-27-28-23(29(21)13-15(2)3)32-16(4)22(30)26-20-11-8-18(24)12-25-20/h6-12,15-16H,5,13-14H2,1-4H3,(H,25,26,30). The highest BCUT2D eigenvalue weighted by molar-refractivity contribution is 8.00. The molecule has 32 heavy (non-hydrogen) atoms. The second-order valence-electron chi connectivity index (χ2n) is 7.80. The number of halogens is 1. The first-order chi connectivity index (χ1) is 15.4. The zero-order valence-corrected chi connectivity index (χ0v) is 20.3. The molecule has 0 spiro atoms. The van der Waals surface area contributed by atoms with E-state index in [1.165, 1.54) is 23.5 Å². The molecule has 0 aliphatic carbocycles. The van der Waals surface area contributed by atoms with Crippen molar-refractivity contribution in [2.24, 2.45) is 5.92 Å². The molecular formula is C23H28ClN5O2S. The number of anilines is 1. The number of thioether (sulfide) groups is 1. The van der Waals surface area contributed by atoms with Crippen LogP contribution >= 0.6 is 23.4 Å². The van der Waals surface area contributed by atoms with E-state index in [9.17, 15) is 4.79 Å². The number of carbonyl (C=O) groups is 1. The highest BCUT2D eigenvalue weighted by Crippen LogP contribution is 2.25. The van der Waals surface area contributed by atoms with Crippen LogP contribution in [0.15, 0.2) is 47.8 Å². The number of aromatic nitrogens is 4. The van der Waals surface area contributed by atoms with Crippen LogP contribution in [0.1, 0.15) is 39.1 Å². The van der Waals surface area contributed by atoms with Gasteiger partial charge in [-0.1, -0.05) is 56.3 Å². The number of nitrogens with one attached hydrogen (secondary N) is 1. The number of hydrogen-bond donors (Lipinski definition) is 1. The largest absolute Gasteiger partial charge is 0.486 e. The maximum atomic E-state index is 12.6. The molecule has 3 rings (SSSR count). The van der Waals surface area contributed by atoms with Gasteiger partial charge in [-0.15, -0.1) is 10.2 Å². The number of amides is 1. The summed E-state index contributed by atoms with van der Waals surface area (Å²) in [7, 11) is 0. The molecule has 1 unspecified atom stereocenters. The fourth-order valence-electron chi connectivity index (χ4n) is 2.92. The van der Waals surface area contributed by atoms with Crippen LogP contribution in [0.2, 0.25) is 5.02 Å². The van der Waals surface area contributed by atoms with Crippen LogP contribution in [-0.4, -0.2) is 30.9 Å². The minimum absolute atomic E-state index is 0.169. The van der Waals surface area contributed by atoms with E-state index in [0.717, 1.165) is 24.5 Å². The number of aryl methyl sites for hydroxylation is 1. The van der Waals surface area contributed by atoms with Crippen molar-refractivity contribution in [3.8, 4) is 5.75 Å². The Balaban J connectivity index is 1.67. The number of nitrogens with zero attached hydrogens (tertiary/aromatic N) is 4. The summed E-state index contributed by atoms with van der Waals surface area (Å²) < 4.78 is 7.97. The van der Waals surface area contributed by atoms with Gasteiger partial charge in [-0.25, -0.2) is 4.98 Å². The first-order valence-electron chi connectivity index (χ1n) is 10.6. The molecule has 2 heterocycles. The predicted molar refractivity (Wildman–Crippen MR) is 128 cm³/mol. The minimum atomic E-state index is -0.391. The zero-order valence-electron chi connectivity index (χ0n) is 18.7. The van der Waals surface area contributed by atoms with Gasteiger partial charge in [0, 0.05) is 12.7 Å². The highest BCUT2D eigenvalue weighted by Gasteiger charge is 2.21. The van der Waals surface area contributed by atoms with Gasteiger partial charge in [-0.2, -0.15) is 0 Å². The molecule has 0 aliphatic heterocycles. The Labute approximate surface area is 197 Å². The summed E-state index contributed by atoms with van der Waals surface area (Å²) >= 11 is 7.21. The Morgan fingerprint density at radius 2 is 1.91 bits per heavy atom. The Kier molecular flexibility index (Phi) is 8.53. The van der Waals surface area contributed by atoms with Crippen LogP contribution in [0.4, 0.5) is 5.82 Å². The van der Waals surface area contributed by atoms with E-state index in [1.807, 2.05) is 23.6 Å². The van der Waals surface area contributed by atoms with Crippen LogP contribution in [0, 0.1) is 5.92 Å². The monoisotopic (exact) mass is 473 g/mol. The molecule has 0 fully saturated rings. The summed E-state index contributed by atoms with van der Waals surface area (Å²) in [4.78, 5) is 16.7. The smallest absolute Gasteiger partial charge is 0.238 e. The summed E-state index contributed by atoms with van der Waals surface area (Å²) in [5.41, 5.74) is 1.26. The van der Waals surface area contributed by atoms with Gasteiger partial charge in [-0.3, -0.25) is 4.79 Å². The average molecular weight is 474 g/mol. The summed E-state index contributed by atoms with van der Waals surface area (Å²) in [6, 6.07) is 11.4. The molecule has 0 bridgehead atoms. The lowest BCUT2D eigenvalue weighted by molar-refractivity contribution is -0.115. The minimum Gasteiger partial charge on any atom is -0.486 e. The molecule has 3 aromatic rings. The average Bonchev–Trinajstić information content (AvgIpc) is 3.14. The Morgan fingerprint density at radius 1 is 1.16 bits per heavy atom. The molecule has 1 aromatic carbocycles. The van der Waals surface area contributed by atoms with E-state index >= 15 is 0 Å². The van der Waals surface area contributed by atoms with Crippen LogP contribution in [-0.2, 0) is 24.4 Å². The molecule has 170 valence electrons. The first kappa shape index (κ1) is 24.1. The van der Waals surface area contributed by atoms with E-state index < -0.39 is 5.25 Å². The van der Waals surface area contributed by atoms with Crippen molar-refractivity contribution in [1.29, 1.82) is 0 Å². The maximum absolute atomic E-state index is 12.6. The number of ether oxygens (including phenoxy) is 1. The van der Waals surface area contributed by atoms with Crippen molar-refractivity contribution >= 4 is 35.1 Å². The lowest BCUT2D eigenvalue weighted by atomic mass is 10.2. The van der Waals surface area contributed by atoms with E-state index in [-0.39, 0.29) is 5.91 Å². The van der Waals surface area contributed by atoms with Gasteiger partial charge in [0.1, 0.15) is 18.2 Å². The van der Waals surface area contributed by atoms with E-state index in [1.54, 1.807) is 12.1 Å². The molecule has 0 saturated heterocycles. The molecule has 0 saturated carbocycles. The van der Waals surface area contributed by atoms with Crippen molar-refractivity contribution in [3.63, 3.8) is 0 Å². The lowest BCUT2D eigenvalue weighted by Crippen LogP contribution is -2.23. The van der Waals surface area contributed by atoms with Crippen LogP contribution in [0.5, 0.6) is 5.75 Å². The van der Waals surface area contributed by atoms with Gasteiger partial charge in [0.25, 0.3) is 0 Å². The van der Waals surface area contributed by atoms with E-state index in [2.05, 4.69) is 53.4 Å². The van der Waals surface area contributed by atoms with Gasteiger partial charge in [-0.05, 0) is 49.1 Å². The Hall–Kier alpha value is -2.58. The number of pyridine rings is 1. The van der Waals surface area contributed by atoms with Crippen molar-refractivity contribution in [3.05, 3.63) is 59.0 Å². The zero-order chi connectivity index (χ0) is 23.1. The Bertz CT molecular complexity index is 1020. The van der Waals surface area contributed by atoms with Crippen LogP contribution in [0.25, 0.3) is 0 Å². The van der Waals surface area contributed by atoms with Crippen molar-refractivity contribution in [2.75, 3.05) is 5.32 Å². The summed E-state index contributed by atoms with van der Waals surface area (Å²) in [6.07, 6.45) is 2.49. The number of carbonyl (C=O) groups excluding carboxylic acids is 1. The second-order valence-corrected chi connectivity index (χ2v) is 9.54. The van der Waals surface area contributed by atoms with E-state index in [0.29, 0.717) is 28.5 Å². The summed E-state index contributed by atoms with van der Waals surface area (Å²) in [5, 5.41) is 12.3. The molecule has 1 amide bonds. The topological polar surface area (TPSA) is 81.9 Å². The van der Waals surface area contributed by atoms with E-state index in [4.69, 9.17) is 16.3 Å². The van der Waals surface area contributed by atoms with Gasteiger partial charge in [0.05, 0.1) is 10.3 Å².